The van der Waals surface area contributed by atoms with Gasteiger partial charge in [0.1, 0.15) is 0 Å². The minimum absolute atomic E-state index is 0.0960. The first-order valence-electron chi connectivity index (χ1n) is 6.16. The molecular weight excluding hydrogens is 299 g/mol. The summed E-state index contributed by atoms with van der Waals surface area (Å²) in [7, 11) is 0. The van der Waals surface area contributed by atoms with Crippen LogP contribution in [0.2, 0.25) is 0 Å². The van der Waals surface area contributed by atoms with E-state index in [9.17, 15) is 13.2 Å². The lowest BCUT2D eigenvalue weighted by atomic mass is 10.1. The first kappa shape index (κ1) is 15.6. The second kappa shape index (κ2) is 5.93. The van der Waals surface area contributed by atoms with Crippen molar-refractivity contribution in [2.75, 3.05) is 5.73 Å². The molecule has 0 unspecified atom stereocenters. The molecule has 0 radical (unpaired) electrons. The molecule has 0 aliphatic rings. The molecule has 0 saturated heterocycles. The molecule has 21 heavy (non-hydrogen) atoms. The van der Waals surface area contributed by atoms with E-state index in [1.165, 1.54) is 23.9 Å². The van der Waals surface area contributed by atoms with Crippen LogP contribution in [0.15, 0.2) is 29.4 Å². The maximum atomic E-state index is 13.0. The number of aryl methyl sites for hydroxylation is 2. The summed E-state index contributed by atoms with van der Waals surface area (Å²) in [5, 5.41) is 0.470. The predicted molar refractivity (Wildman–Crippen MR) is 76.9 cm³/mol. The Labute approximate surface area is 124 Å². The molecule has 2 N–H and O–H groups in total. The van der Waals surface area contributed by atoms with Crippen molar-refractivity contribution in [1.82, 2.24) is 9.97 Å². The van der Waals surface area contributed by atoms with Gasteiger partial charge in [-0.3, -0.25) is 0 Å². The first-order valence-corrected chi connectivity index (χ1v) is 7.15. The summed E-state index contributed by atoms with van der Waals surface area (Å²) in [6, 6.07) is 5.63. The molecule has 0 saturated carbocycles. The predicted octanol–water partition coefficient (Wildman–Crippen LogP) is 3.99. The maximum Gasteiger partial charge on any atom is 0.416 e. The highest BCUT2D eigenvalue weighted by molar-refractivity contribution is 7.98. The van der Waals surface area contributed by atoms with E-state index in [0.29, 0.717) is 5.16 Å². The van der Waals surface area contributed by atoms with E-state index in [1.54, 1.807) is 0 Å². The molecule has 0 fully saturated rings. The van der Waals surface area contributed by atoms with Crippen molar-refractivity contribution in [1.29, 1.82) is 0 Å². The average molecular weight is 313 g/mol. The number of halogens is 3. The number of nitrogens with zero attached hydrogens (tertiary/aromatic N) is 2. The average Bonchev–Trinajstić information content (AvgIpc) is 2.35. The van der Waals surface area contributed by atoms with Gasteiger partial charge in [-0.05, 0) is 37.6 Å². The minimum atomic E-state index is -4.42. The van der Waals surface area contributed by atoms with E-state index in [-0.39, 0.29) is 17.0 Å². The van der Waals surface area contributed by atoms with Gasteiger partial charge in [0, 0.05) is 22.8 Å². The Hall–Kier alpha value is -1.76. The van der Waals surface area contributed by atoms with Crippen molar-refractivity contribution in [3.8, 4) is 0 Å². The SMILES string of the molecule is Cc1cc(C)nc(SCc2ccc(N)cc2C(F)(F)F)n1. The summed E-state index contributed by atoms with van der Waals surface area (Å²) >= 11 is 1.17. The first-order chi connectivity index (χ1) is 9.75. The molecule has 7 heteroatoms. The number of rotatable bonds is 3. The Morgan fingerprint density at radius 1 is 1.10 bits per heavy atom. The van der Waals surface area contributed by atoms with Crippen LogP contribution in [-0.4, -0.2) is 9.97 Å². The van der Waals surface area contributed by atoms with Crippen LogP contribution in [0.3, 0.4) is 0 Å². The third-order valence-electron chi connectivity index (χ3n) is 2.76. The molecule has 112 valence electrons. The molecule has 0 amide bonds. The Bertz CT molecular complexity index is 636. The van der Waals surface area contributed by atoms with E-state index >= 15 is 0 Å². The Morgan fingerprint density at radius 2 is 1.71 bits per heavy atom. The fraction of sp³-hybridized carbons (Fsp3) is 0.286. The van der Waals surface area contributed by atoms with E-state index < -0.39 is 11.7 Å². The summed E-state index contributed by atoms with van der Waals surface area (Å²) in [5.74, 6) is 0.137. The number of thioether (sulfide) groups is 1. The monoisotopic (exact) mass is 313 g/mol. The molecule has 0 aliphatic heterocycles. The van der Waals surface area contributed by atoms with Gasteiger partial charge in [-0.1, -0.05) is 17.8 Å². The third kappa shape index (κ3) is 4.10. The van der Waals surface area contributed by atoms with Crippen molar-refractivity contribution >= 4 is 17.4 Å². The van der Waals surface area contributed by atoms with Gasteiger partial charge in [0.15, 0.2) is 5.16 Å². The lowest BCUT2D eigenvalue weighted by Crippen LogP contribution is -2.09. The van der Waals surface area contributed by atoms with Gasteiger partial charge in [0.2, 0.25) is 0 Å². The highest BCUT2D eigenvalue weighted by Crippen LogP contribution is 2.35. The van der Waals surface area contributed by atoms with Crippen LogP contribution in [0.25, 0.3) is 0 Å². The molecule has 2 aromatic rings. The molecule has 0 spiro atoms. The van der Waals surface area contributed by atoms with Gasteiger partial charge in [0.05, 0.1) is 5.56 Å². The molecule has 1 aromatic carbocycles. The van der Waals surface area contributed by atoms with Crippen LogP contribution in [-0.2, 0) is 11.9 Å². The van der Waals surface area contributed by atoms with Crippen LogP contribution >= 0.6 is 11.8 Å². The number of alkyl halides is 3. The van der Waals surface area contributed by atoms with Gasteiger partial charge in [-0.25, -0.2) is 9.97 Å². The summed E-state index contributed by atoms with van der Waals surface area (Å²) < 4.78 is 39.0. The van der Waals surface area contributed by atoms with Gasteiger partial charge in [-0.2, -0.15) is 13.2 Å². The summed E-state index contributed by atoms with van der Waals surface area (Å²) in [4.78, 5) is 8.41. The van der Waals surface area contributed by atoms with Gasteiger partial charge < -0.3 is 5.73 Å². The maximum absolute atomic E-state index is 13.0. The fourth-order valence-corrected chi connectivity index (χ4v) is 2.84. The van der Waals surface area contributed by atoms with Crippen LogP contribution in [0.5, 0.6) is 0 Å². The molecule has 2 rings (SSSR count). The zero-order valence-corrected chi connectivity index (χ0v) is 12.3. The number of nitrogens with two attached hydrogens (primary N) is 1. The van der Waals surface area contributed by atoms with Crippen molar-refractivity contribution in [2.24, 2.45) is 0 Å². The lowest BCUT2D eigenvalue weighted by Gasteiger charge is -2.13. The molecule has 0 bridgehead atoms. The van der Waals surface area contributed by atoms with Crippen molar-refractivity contribution in [2.45, 2.75) is 30.9 Å². The molecule has 1 heterocycles. The molecular formula is C14H14F3N3S. The minimum Gasteiger partial charge on any atom is -0.399 e. The number of anilines is 1. The van der Waals surface area contributed by atoms with Gasteiger partial charge >= 0.3 is 6.18 Å². The number of hydrogen-bond acceptors (Lipinski definition) is 4. The molecule has 0 aliphatic carbocycles. The van der Waals surface area contributed by atoms with Crippen LogP contribution in [0, 0.1) is 13.8 Å². The molecule has 3 nitrogen and oxygen atoms in total. The number of hydrogen-bond donors (Lipinski definition) is 1. The lowest BCUT2D eigenvalue weighted by molar-refractivity contribution is -0.138. The number of nitrogen functional groups attached to an aromatic ring is 1. The third-order valence-corrected chi connectivity index (χ3v) is 3.65. The Kier molecular flexibility index (Phi) is 4.41. The zero-order valence-electron chi connectivity index (χ0n) is 11.5. The van der Waals surface area contributed by atoms with Crippen LogP contribution in [0.4, 0.5) is 18.9 Å². The quantitative estimate of drug-likeness (QED) is 0.529. The smallest absolute Gasteiger partial charge is 0.399 e. The summed E-state index contributed by atoms with van der Waals surface area (Å²) in [6.07, 6.45) is -4.42. The van der Waals surface area contributed by atoms with E-state index in [1.807, 2.05) is 19.9 Å². The van der Waals surface area contributed by atoms with Crippen molar-refractivity contribution in [3.63, 3.8) is 0 Å². The zero-order chi connectivity index (χ0) is 15.6. The summed E-state index contributed by atoms with van der Waals surface area (Å²) in [6.45, 7) is 3.65. The topological polar surface area (TPSA) is 51.8 Å². The van der Waals surface area contributed by atoms with Crippen LogP contribution in [0.1, 0.15) is 22.5 Å². The molecule has 0 atom stereocenters. The van der Waals surface area contributed by atoms with Gasteiger partial charge in [0.25, 0.3) is 0 Å². The normalized spacial score (nSPS) is 11.7. The van der Waals surface area contributed by atoms with Crippen LogP contribution < -0.4 is 5.73 Å². The second-order valence-corrected chi connectivity index (χ2v) is 5.58. The van der Waals surface area contributed by atoms with E-state index in [0.717, 1.165) is 17.5 Å². The number of aromatic nitrogens is 2. The highest BCUT2D eigenvalue weighted by atomic mass is 32.2. The number of benzene rings is 1. The highest BCUT2D eigenvalue weighted by Gasteiger charge is 2.33. The van der Waals surface area contributed by atoms with Crippen molar-refractivity contribution < 1.29 is 13.2 Å². The van der Waals surface area contributed by atoms with E-state index in [2.05, 4.69) is 9.97 Å². The largest absolute Gasteiger partial charge is 0.416 e. The second-order valence-electron chi connectivity index (χ2n) is 4.64. The fourth-order valence-electron chi connectivity index (χ4n) is 1.88. The van der Waals surface area contributed by atoms with Gasteiger partial charge in [-0.15, -0.1) is 0 Å². The summed E-state index contributed by atoms with van der Waals surface area (Å²) in [5.41, 5.74) is 6.58. The Balaban J connectivity index is 2.24. The van der Waals surface area contributed by atoms with Crippen molar-refractivity contribution in [3.05, 3.63) is 46.8 Å². The Morgan fingerprint density at radius 3 is 2.29 bits per heavy atom. The molecule has 1 aromatic heterocycles. The van der Waals surface area contributed by atoms with E-state index in [4.69, 9.17) is 5.73 Å². The standard InChI is InChI=1S/C14H14F3N3S/c1-8-5-9(2)20-13(19-8)21-7-10-3-4-11(18)6-12(10)14(15,16)17/h3-6H,7,18H2,1-2H3.